The normalized spacial score (nSPS) is 13.4. The largest absolute Gasteiger partial charge is 0.322 e. The van der Waals surface area contributed by atoms with Crippen molar-refractivity contribution in [3.8, 4) is 0 Å². The molecule has 1 N–H and O–H groups in total. The molecule has 150 valence electrons. The van der Waals surface area contributed by atoms with Crippen LogP contribution in [0.3, 0.4) is 0 Å². The molecule has 3 aromatic carbocycles. The molecule has 0 saturated carbocycles. The average molecular weight is 402 g/mol. The molecule has 3 aromatic rings. The summed E-state index contributed by atoms with van der Waals surface area (Å²) in [7, 11) is 0. The summed E-state index contributed by atoms with van der Waals surface area (Å²) in [5.41, 5.74) is 1.39. The first-order valence-electron chi connectivity index (χ1n) is 9.64. The van der Waals surface area contributed by atoms with Crippen LogP contribution in [0.5, 0.6) is 0 Å². The van der Waals surface area contributed by atoms with Crippen LogP contribution in [0.4, 0.5) is 15.8 Å². The molecule has 0 atom stereocenters. The molecular weight excluding hydrogens is 383 g/mol. The van der Waals surface area contributed by atoms with Crippen molar-refractivity contribution in [3.63, 3.8) is 0 Å². The quantitative estimate of drug-likeness (QED) is 0.642. The van der Waals surface area contributed by atoms with E-state index >= 15 is 0 Å². The molecule has 0 bridgehead atoms. The second-order valence-corrected chi connectivity index (χ2v) is 7.01. The molecule has 4 rings (SSSR count). The van der Waals surface area contributed by atoms with Crippen molar-refractivity contribution in [1.29, 1.82) is 0 Å². The second-order valence-electron chi connectivity index (χ2n) is 7.01. The minimum atomic E-state index is -0.586. The SMILES string of the molecule is O=C(Nc1ccc(N2CCCC2=O)c(F)c1)c1ccccc1C(=O)c1ccccc1. The van der Waals surface area contributed by atoms with E-state index in [1.54, 1.807) is 54.6 Å². The van der Waals surface area contributed by atoms with Gasteiger partial charge >= 0.3 is 0 Å². The van der Waals surface area contributed by atoms with E-state index in [0.29, 0.717) is 24.9 Å². The van der Waals surface area contributed by atoms with Gasteiger partial charge in [0.1, 0.15) is 5.82 Å². The molecule has 0 radical (unpaired) electrons. The number of carbonyl (C=O) groups excluding carboxylic acids is 3. The number of nitrogens with one attached hydrogen (secondary N) is 1. The lowest BCUT2D eigenvalue weighted by atomic mass is 9.98. The Morgan fingerprint density at radius 3 is 2.27 bits per heavy atom. The van der Waals surface area contributed by atoms with E-state index in [1.165, 1.54) is 17.0 Å². The topological polar surface area (TPSA) is 66.5 Å². The number of ketones is 1. The molecule has 1 aliphatic heterocycles. The van der Waals surface area contributed by atoms with Gasteiger partial charge in [0.05, 0.1) is 11.3 Å². The summed E-state index contributed by atoms with van der Waals surface area (Å²) >= 11 is 0. The van der Waals surface area contributed by atoms with Crippen LogP contribution in [0.1, 0.15) is 39.1 Å². The van der Waals surface area contributed by atoms with Gasteiger partial charge < -0.3 is 10.2 Å². The summed E-state index contributed by atoms with van der Waals surface area (Å²) in [6, 6.07) is 19.4. The summed E-state index contributed by atoms with van der Waals surface area (Å²) in [5, 5.41) is 2.64. The number of carbonyl (C=O) groups is 3. The van der Waals surface area contributed by atoms with Gasteiger partial charge in [-0.3, -0.25) is 14.4 Å². The molecule has 0 aromatic heterocycles. The lowest BCUT2D eigenvalue weighted by Crippen LogP contribution is -2.24. The van der Waals surface area contributed by atoms with Gasteiger partial charge in [-0.05, 0) is 30.7 Å². The maximum atomic E-state index is 14.6. The van der Waals surface area contributed by atoms with Crippen LogP contribution < -0.4 is 10.2 Å². The highest BCUT2D eigenvalue weighted by atomic mass is 19.1. The minimum absolute atomic E-state index is 0.112. The lowest BCUT2D eigenvalue weighted by molar-refractivity contribution is -0.117. The smallest absolute Gasteiger partial charge is 0.256 e. The summed E-state index contributed by atoms with van der Waals surface area (Å²) < 4.78 is 14.6. The number of nitrogens with zero attached hydrogens (tertiary/aromatic N) is 1. The summed E-state index contributed by atoms with van der Waals surface area (Å²) in [6.45, 7) is 0.483. The lowest BCUT2D eigenvalue weighted by Gasteiger charge is -2.17. The van der Waals surface area contributed by atoms with Crippen LogP contribution in [0.25, 0.3) is 0 Å². The summed E-state index contributed by atoms with van der Waals surface area (Å²) in [4.78, 5) is 38.9. The molecule has 0 aliphatic carbocycles. The maximum Gasteiger partial charge on any atom is 0.256 e. The second kappa shape index (κ2) is 8.29. The van der Waals surface area contributed by atoms with Gasteiger partial charge in [0.25, 0.3) is 5.91 Å². The molecular formula is C24H19FN2O3. The fraction of sp³-hybridized carbons (Fsp3) is 0.125. The third kappa shape index (κ3) is 3.85. The molecule has 2 amide bonds. The Labute approximate surface area is 173 Å². The first kappa shape index (κ1) is 19.5. The number of anilines is 2. The number of benzene rings is 3. The van der Waals surface area contributed by atoms with Crippen LogP contribution in [0.2, 0.25) is 0 Å². The molecule has 1 fully saturated rings. The predicted molar refractivity (Wildman–Crippen MR) is 112 cm³/mol. The van der Waals surface area contributed by atoms with Crippen molar-refractivity contribution < 1.29 is 18.8 Å². The van der Waals surface area contributed by atoms with Crippen LogP contribution in [0, 0.1) is 5.82 Å². The van der Waals surface area contributed by atoms with Crippen molar-refractivity contribution >= 4 is 29.0 Å². The average Bonchev–Trinajstić information content (AvgIpc) is 3.19. The Balaban J connectivity index is 1.57. The van der Waals surface area contributed by atoms with Gasteiger partial charge in [-0.2, -0.15) is 0 Å². The molecule has 5 nitrogen and oxygen atoms in total. The standard InChI is InChI=1S/C24H19FN2O3/c25-20-15-17(12-13-21(20)27-14-6-11-22(27)28)26-24(30)19-10-5-4-9-18(19)23(29)16-7-2-1-3-8-16/h1-5,7-10,12-13,15H,6,11,14H2,(H,26,30). The predicted octanol–water partition coefficient (Wildman–Crippen LogP) is 4.44. The number of amides is 2. The highest BCUT2D eigenvalue weighted by Crippen LogP contribution is 2.27. The van der Waals surface area contributed by atoms with E-state index in [0.717, 1.165) is 0 Å². The Morgan fingerprint density at radius 2 is 1.60 bits per heavy atom. The van der Waals surface area contributed by atoms with Crippen LogP contribution in [-0.4, -0.2) is 24.1 Å². The first-order valence-corrected chi connectivity index (χ1v) is 9.64. The van der Waals surface area contributed by atoms with Gasteiger partial charge in [0.2, 0.25) is 5.91 Å². The van der Waals surface area contributed by atoms with Gasteiger partial charge in [-0.1, -0.05) is 48.5 Å². The van der Waals surface area contributed by atoms with Gasteiger partial charge in [0.15, 0.2) is 5.78 Å². The van der Waals surface area contributed by atoms with E-state index in [4.69, 9.17) is 0 Å². The number of halogens is 1. The Hall–Kier alpha value is -3.80. The monoisotopic (exact) mass is 402 g/mol. The van der Waals surface area contributed by atoms with Gasteiger partial charge in [-0.15, -0.1) is 0 Å². The molecule has 1 aliphatic rings. The third-order valence-corrected chi connectivity index (χ3v) is 5.02. The van der Waals surface area contributed by atoms with E-state index < -0.39 is 11.7 Å². The van der Waals surface area contributed by atoms with Crippen LogP contribution in [-0.2, 0) is 4.79 Å². The first-order chi connectivity index (χ1) is 14.5. The molecule has 30 heavy (non-hydrogen) atoms. The molecule has 6 heteroatoms. The third-order valence-electron chi connectivity index (χ3n) is 5.02. The Bertz CT molecular complexity index is 1130. The van der Waals surface area contributed by atoms with Crippen molar-refractivity contribution in [2.24, 2.45) is 0 Å². The van der Waals surface area contributed by atoms with E-state index in [-0.39, 0.29) is 34.2 Å². The van der Waals surface area contributed by atoms with Gasteiger partial charge in [-0.25, -0.2) is 4.39 Å². The van der Waals surface area contributed by atoms with E-state index in [1.807, 2.05) is 6.07 Å². The molecule has 1 saturated heterocycles. The highest BCUT2D eigenvalue weighted by molar-refractivity contribution is 6.17. The number of hydrogen-bond acceptors (Lipinski definition) is 3. The maximum absolute atomic E-state index is 14.6. The van der Waals surface area contributed by atoms with Crippen molar-refractivity contribution in [1.82, 2.24) is 0 Å². The fourth-order valence-corrected chi connectivity index (χ4v) is 3.53. The number of hydrogen-bond donors (Lipinski definition) is 1. The zero-order valence-electron chi connectivity index (χ0n) is 16.1. The van der Waals surface area contributed by atoms with Crippen LogP contribution in [0.15, 0.2) is 72.8 Å². The molecule has 0 spiro atoms. The van der Waals surface area contributed by atoms with Crippen LogP contribution >= 0.6 is 0 Å². The van der Waals surface area contributed by atoms with Crippen molar-refractivity contribution in [2.45, 2.75) is 12.8 Å². The fourth-order valence-electron chi connectivity index (χ4n) is 3.53. The van der Waals surface area contributed by atoms with Gasteiger partial charge in [0, 0.05) is 29.8 Å². The zero-order valence-corrected chi connectivity index (χ0v) is 16.1. The van der Waals surface area contributed by atoms with E-state index in [2.05, 4.69) is 5.32 Å². The number of rotatable bonds is 5. The van der Waals surface area contributed by atoms with Crippen molar-refractivity contribution in [2.75, 3.05) is 16.8 Å². The summed E-state index contributed by atoms with van der Waals surface area (Å²) in [5.74, 6) is -1.48. The molecule has 0 unspecified atom stereocenters. The zero-order chi connectivity index (χ0) is 21.1. The molecule has 1 heterocycles. The Kier molecular flexibility index (Phi) is 5.39. The minimum Gasteiger partial charge on any atom is -0.322 e. The summed E-state index contributed by atoms with van der Waals surface area (Å²) in [6.07, 6.45) is 1.10. The van der Waals surface area contributed by atoms with E-state index in [9.17, 15) is 18.8 Å². The van der Waals surface area contributed by atoms with Crippen molar-refractivity contribution in [3.05, 3.63) is 95.3 Å². The highest BCUT2D eigenvalue weighted by Gasteiger charge is 2.24. The Morgan fingerprint density at radius 1 is 0.900 bits per heavy atom.